The first-order valence-electron chi connectivity index (χ1n) is 7.04. The maximum atomic E-state index is 11.7. The van der Waals surface area contributed by atoms with Gasteiger partial charge in [0, 0.05) is 12.5 Å². The SMILES string of the molecule is O=C(CCOC1CCNCC1)NC1CCSCC1. The Morgan fingerprint density at radius 3 is 2.67 bits per heavy atom. The normalized spacial score (nSPS) is 22.9. The number of piperidine rings is 1. The molecule has 0 aromatic heterocycles. The summed E-state index contributed by atoms with van der Waals surface area (Å²) in [6, 6.07) is 0.401. The van der Waals surface area contributed by atoms with E-state index in [2.05, 4.69) is 10.6 Å². The van der Waals surface area contributed by atoms with Gasteiger partial charge in [-0.15, -0.1) is 0 Å². The molecule has 0 atom stereocenters. The van der Waals surface area contributed by atoms with Crippen molar-refractivity contribution >= 4 is 17.7 Å². The summed E-state index contributed by atoms with van der Waals surface area (Å²) in [4.78, 5) is 11.7. The molecule has 0 bridgehead atoms. The predicted octanol–water partition coefficient (Wildman–Crippen LogP) is 1.16. The third kappa shape index (κ3) is 5.16. The Hall–Kier alpha value is -0.260. The first kappa shape index (κ1) is 14.2. The third-order valence-corrected chi connectivity index (χ3v) is 4.60. The fraction of sp³-hybridized carbons (Fsp3) is 0.923. The molecule has 2 saturated heterocycles. The highest BCUT2D eigenvalue weighted by Crippen LogP contribution is 2.16. The van der Waals surface area contributed by atoms with Crippen molar-refractivity contribution in [3.05, 3.63) is 0 Å². The molecule has 2 N–H and O–H groups in total. The molecule has 2 rings (SSSR count). The highest BCUT2D eigenvalue weighted by atomic mass is 32.2. The van der Waals surface area contributed by atoms with Gasteiger partial charge in [-0.2, -0.15) is 11.8 Å². The van der Waals surface area contributed by atoms with Crippen molar-refractivity contribution in [2.75, 3.05) is 31.2 Å². The first-order chi connectivity index (χ1) is 8.84. The number of ether oxygens (including phenoxy) is 1. The van der Waals surface area contributed by atoms with Gasteiger partial charge >= 0.3 is 0 Å². The number of hydrogen-bond donors (Lipinski definition) is 2. The van der Waals surface area contributed by atoms with E-state index in [9.17, 15) is 4.79 Å². The molecule has 0 aromatic rings. The number of hydrogen-bond acceptors (Lipinski definition) is 4. The van der Waals surface area contributed by atoms with Gasteiger partial charge < -0.3 is 15.4 Å². The zero-order valence-corrected chi connectivity index (χ0v) is 11.8. The highest BCUT2D eigenvalue weighted by Gasteiger charge is 2.17. The van der Waals surface area contributed by atoms with Crippen LogP contribution in [0.1, 0.15) is 32.1 Å². The van der Waals surface area contributed by atoms with E-state index in [1.54, 1.807) is 0 Å². The Morgan fingerprint density at radius 1 is 1.22 bits per heavy atom. The molecule has 4 nitrogen and oxygen atoms in total. The Balaban J connectivity index is 1.53. The summed E-state index contributed by atoms with van der Waals surface area (Å²) < 4.78 is 5.74. The van der Waals surface area contributed by atoms with Crippen LogP contribution in [0.3, 0.4) is 0 Å². The van der Waals surface area contributed by atoms with Crippen LogP contribution >= 0.6 is 11.8 Å². The summed E-state index contributed by atoms with van der Waals surface area (Å²) in [5, 5.41) is 6.42. The van der Waals surface area contributed by atoms with E-state index in [-0.39, 0.29) is 5.91 Å². The number of amides is 1. The minimum Gasteiger partial charge on any atom is -0.378 e. The molecular formula is C13H24N2O2S. The molecule has 0 saturated carbocycles. The topological polar surface area (TPSA) is 50.4 Å². The molecular weight excluding hydrogens is 248 g/mol. The molecule has 2 heterocycles. The summed E-state index contributed by atoms with van der Waals surface area (Å²) in [6.45, 7) is 2.64. The lowest BCUT2D eigenvalue weighted by Gasteiger charge is -2.24. The lowest BCUT2D eigenvalue weighted by Crippen LogP contribution is -2.38. The third-order valence-electron chi connectivity index (χ3n) is 3.56. The molecule has 18 heavy (non-hydrogen) atoms. The molecule has 0 radical (unpaired) electrons. The van der Waals surface area contributed by atoms with Gasteiger partial charge in [0.1, 0.15) is 0 Å². The van der Waals surface area contributed by atoms with Crippen LogP contribution in [0.25, 0.3) is 0 Å². The molecule has 0 spiro atoms. The van der Waals surface area contributed by atoms with Crippen molar-refractivity contribution in [1.82, 2.24) is 10.6 Å². The summed E-state index contributed by atoms with van der Waals surface area (Å²) in [5.41, 5.74) is 0. The summed E-state index contributed by atoms with van der Waals surface area (Å²) in [5.74, 6) is 2.51. The second-order valence-electron chi connectivity index (χ2n) is 5.02. The van der Waals surface area contributed by atoms with Gasteiger partial charge in [0.25, 0.3) is 0 Å². The summed E-state index contributed by atoms with van der Waals surface area (Å²) in [7, 11) is 0. The molecule has 0 aromatic carbocycles. The number of carbonyl (C=O) groups excluding carboxylic acids is 1. The van der Waals surface area contributed by atoms with Crippen LogP contribution in [0.4, 0.5) is 0 Å². The average Bonchev–Trinajstić information content (AvgIpc) is 2.41. The van der Waals surface area contributed by atoms with E-state index in [4.69, 9.17) is 4.74 Å². The van der Waals surface area contributed by atoms with Gasteiger partial charge in [0.05, 0.1) is 12.7 Å². The van der Waals surface area contributed by atoms with Crippen molar-refractivity contribution in [3.8, 4) is 0 Å². The van der Waals surface area contributed by atoms with Crippen LogP contribution in [0.15, 0.2) is 0 Å². The van der Waals surface area contributed by atoms with Gasteiger partial charge in [-0.25, -0.2) is 0 Å². The van der Waals surface area contributed by atoms with Crippen LogP contribution < -0.4 is 10.6 Å². The zero-order valence-electron chi connectivity index (χ0n) is 11.0. The average molecular weight is 272 g/mol. The second kappa shape index (κ2) is 8.02. The van der Waals surface area contributed by atoms with E-state index in [1.807, 2.05) is 11.8 Å². The smallest absolute Gasteiger partial charge is 0.222 e. The van der Waals surface area contributed by atoms with Crippen LogP contribution in [0.2, 0.25) is 0 Å². The lowest BCUT2D eigenvalue weighted by atomic mass is 10.1. The minimum absolute atomic E-state index is 0.154. The van der Waals surface area contributed by atoms with Crippen LogP contribution in [0.5, 0.6) is 0 Å². The molecule has 2 fully saturated rings. The van der Waals surface area contributed by atoms with Crippen molar-refractivity contribution in [1.29, 1.82) is 0 Å². The number of carbonyl (C=O) groups is 1. The standard InChI is InChI=1S/C13H24N2O2S/c16-13(15-11-4-9-18-10-5-11)3-8-17-12-1-6-14-7-2-12/h11-12,14H,1-10H2,(H,15,16). The van der Waals surface area contributed by atoms with E-state index >= 15 is 0 Å². The monoisotopic (exact) mass is 272 g/mol. The Bertz CT molecular complexity index is 251. The number of nitrogens with one attached hydrogen (secondary N) is 2. The predicted molar refractivity (Wildman–Crippen MR) is 75.0 cm³/mol. The van der Waals surface area contributed by atoms with Crippen molar-refractivity contribution in [3.63, 3.8) is 0 Å². The molecule has 2 aliphatic heterocycles. The minimum atomic E-state index is 0.154. The second-order valence-corrected chi connectivity index (χ2v) is 6.25. The number of thioether (sulfide) groups is 1. The van der Waals surface area contributed by atoms with E-state index < -0.39 is 0 Å². The van der Waals surface area contributed by atoms with Gasteiger partial charge in [0.2, 0.25) is 5.91 Å². The molecule has 0 aliphatic carbocycles. The quantitative estimate of drug-likeness (QED) is 0.788. The van der Waals surface area contributed by atoms with Gasteiger partial charge in [-0.1, -0.05) is 0 Å². The number of rotatable bonds is 5. The van der Waals surface area contributed by atoms with E-state index in [1.165, 1.54) is 11.5 Å². The molecule has 0 unspecified atom stereocenters. The summed E-state index contributed by atoms with van der Waals surface area (Å²) in [6.07, 6.45) is 5.23. The van der Waals surface area contributed by atoms with Crippen LogP contribution in [-0.4, -0.2) is 49.3 Å². The fourth-order valence-electron chi connectivity index (χ4n) is 2.42. The maximum Gasteiger partial charge on any atom is 0.222 e. The molecule has 2 aliphatic rings. The van der Waals surface area contributed by atoms with E-state index in [0.29, 0.717) is 25.2 Å². The Labute approximate surface area is 114 Å². The zero-order chi connectivity index (χ0) is 12.6. The molecule has 5 heteroatoms. The van der Waals surface area contributed by atoms with Crippen molar-refractivity contribution in [2.45, 2.75) is 44.2 Å². The highest BCUT2D eigenvalue weighted by molar-refractivity contribution is 7.99. The van der Waals surface area contributed by atoms with Gasteiger partial charge in [-0.3, -0.25) is 4.79 Å². The van der Waals surface area contributed by atoms with Crippen LogP contribution in [0, 0.1) is 0 Å². The Kier molecular flexibility index (Phi) is 6.31. The maximum absolute atomic E-state index is 11.7. The van der Waals surface area contributed by atoms with E-state index in [0.717, 1.165) is 38.8 Å². The Morgan fingerprint density at radius 2 is 1.94 bits per heavy atom. The summed E-state index contributed by atoms with van der Waals surface area (Å²) >= 11 is 1.98. The molecule has 1 amide bonds. The lowest BCUT2D eigenvalue weighted by molar-refractivity contribution is -0.123. The van der Waals surface area contributed by atoms with Crippen molar-refractivity contribution < 1.29 is 9.53 Å². The van der Waals surface area contributed by atoms with Crippen LogP contribution in [-0.2, 0) is 9.53 Å². The molecule has 104 valence electrons. The largest absolute Gasteiger partial charge is 0.378 e. The van der Waals surface area contributed by atoms with Gasteiger partial charge in [0.15, 0.2) is 0 Å². The van der Waals surface area contributed by atoms with Gasteiger partial charge in [-0.05, 0) is 50.3 Å². The van der Waals surface area contributed by atoms with Crippen molar-refractivity contribution in [2.24, 2.45) is 0 Å². The first-order valence-corrected chi connectivity index (χ1v) is 8.19. The fourth-order valence-corrected chi connectivity index (χ4v) is 3.53.